The fraction of sp³-hybridized carbons (Fsp3) is 0.263. The topological polar surface area (TPSA) is 77.5 Å². The molecule has 0 atom stereocenters. The van der Waals surface area contributed by atoms with Crippen LogP contribution in [-0.2, 0) is 13.5 Å². The first-order chi connectivity index (χ1) is 12.5. The lowest BCUT2D eigenvalue weighted by Gasteiger charge is -2.00. The van der Waals surface area contributed by atoms with Crippen molar-refractivity contribution in [1.82, 2.24) is 4.57 Å². The molecule has 0 saturated heterocycles. The van der Waals surface area contributed by atoms with Crippen molar-refractivity contribution in [1.29, 1.82) is 0 Å². The fourth-order valence-electron chi connectivity index (χ4n) is 2.70. The van der Waals surface area contributed by atoms with E-state index in [1.165, 1.54) is 41.2 Å². The lowest BCUT2D eigenvalue weighted by molar-refractivity contribution is -0.384. The number of benzene rings is 2. The zero-order chi connectivity index (χ0) is 18.7. The average Bonchev–Trinajstić information content (AvgIpc) is 2.95. The molecule has 0 aliphatic carbocycles. The second kappa shape index (κ2) is 7.61. The number of hydrogen-bond donors (Lipinski definition) is 0. The third kappa shape index (κ3) is 3.72. The summed E-state index contributed by atoms with van der Waals surface area (Å²) in [4.78, 5) is 27.4. The van der Waals surface area contributed by atoms with Gasteiger partial charge in [-0.1, -0.05) is 30.7 Å². The minimum Gasteiger partial charge on any atom is -0.319 e. The van der Waals surface area contributed by atoms with Gasteiger partial charge in [0.25, 0.3) is 11.6 Å². The number of nitro benzene ring substituents is 1. The smallest absolute Gasteiger partial charge is 0.279 e. The Balaban J connectivity index is 1.94. The highest BCUT2D eigenvalue weighted by Gasteiger charge is 2.10. The van der Waals surface area contributed by atoms with Crippen molar-refractivity contribution in [3.8, 4) is 0 Å². The standard InChI is InChI=1S/C19H19N3O3S/c1-3-4-5-13-6-11-16-17(12-13)26-19(21(16)2)20-18(23)14-7-9-15(10-8-14)22(24)25/h6-12H,3-5H2,1-2H3. The largest absolute Gasteiger partial charge is 0.319 e. The molecule has 1 heterocycles. The maximum absolute atomic E-state index is 12.4. The Morgan fingerprint density at radius 2 is 1.96 bits per heavy atom. The van der Waals surface area contributed by atoms with Gasteiger partial charge in [0.1, 0.15) is 0 Å². The quantitative estimate of drug-likeness (QED) is 0.499. The van der Waals surface area contributed by atoms with Gasteiger partial charge in [0.15, 0.2) is 4.80 Å². The number of rotatable bonds is 5. The molecule has 3 aromatic rings. The molecule has 1 aromatic heterocycles. The number of hydrogen-bond acceptors (Lipinski definition) is 4. The average molecular weight is 369 g/mol. The first-order valence-electron chi connectivity index (χ1n) is 8.41. The lowest BCUT2D eigenvalue weighted by atomic mass is 10.1. The van der Waals surface area contributed by atoms with E-state index in [0.29, 0.717) is 10.4 Å². The monoisotopic (exact) mass is 369 g/mol. The first-order valence-corrected chi connectivity index (χ1v) is 9.23. The summed E-state index contributed by atoms with van der Waals surface area (Å²) in [6.45, 7) is 2.17. The number of aromatic nitrogens is 1. The molecule has 0 radical (unpaired) electrons. The Morgan fingerprint density at radius 3 is 2.62 bits per heavy atom. The Labute approximate surface area is 154 Å². The highest BCUT2D eigenvalue weighted by atomic mass is 32.1. The highest BCUT2D eigenvalue weighted by molar-refractivity contribution is 7.16. The van der Waals surface area contributed by atoms with Crippen LogP contribution in [0, 0.1) is 10.1 Å². The van der Waals surface area contributed by atoms with E-state index in [9.17, 15) is 14.9 Å². The SMILES string of the molecule is CCCCc1ccc2c(c1)sc(=NC(=O)c1ccc([N+](=O)[O-])cc1)n2C. The number of non-ortho nitro benzene ring substituents is 1. The second-order valence-corrected chi connectivity index (χ2v) is 7.08. The molecule has 6 nitrogen and oxygen atoms in total. The van der Waals surface area contributed by atoms with E-state index in [-0.39, 0.29) is 5.69 Å². The Bertz CT molecular complexity index is 1030. The van der Waals surface area contributed by atoms with E-state index in [4.69, 9.17) is 0 Å². The zero-order valence-corrected chi connectivity index (χ0v) is 15.5. The van der Waals surface area contributed by atoms with Crippen molar-refractivity contribution in [2.45, 2.75) is 26.2 Å². The van der Waals surface area contributed by atoms with Gasteiger partial charge >= 0.3 is 0 Å². The van der Waals surface area contributed by atoms with Gasteiger partial charge < -0.3 is 4.57 Å². The number of carbonyl (C=O) groups excluding carboxylic acids is 1. The predicted octanol–water partition coefficient (Wildman–Crippen LogP) is 4.23. The molecule has 0 aliphatic heterocycles. The van der Waals surface area contributed by atoms with E-state index < -0.39 is 10.8 Å². The third-order valence-corrected chi connectivity index (χ3v) is 5.31. The summed E-state index contributed by atoms with van der Waals surface area (Å²) >= 11 is 1.47. The van der Waals surface area contributed by atoms with E-state index >= 15 is 0 Å². The number of thiazole rings is 1. The van der Waals surface area contributed by atoms with Crippen molar-refractivity contribution in [2.75, 3.05) is 0 Å². The van der Waals surface area contributed by atoms with Gasteiger partial charge in [-0.25, -0.2) is 0 Å². The molecule has 0 fully saturated rings. The molecule has 0 spiro atoms. The molecule has 0 unspecified atom stereocenters. The fourth-order valence-corrected chi connectivity index (χ4v) is 3.78. The summed E-state index contributed by atoms with van der Waals surface area (Å²) in [6.07, 6.45) is 3.35. The molecule has 0 aliphatic rings. The maximum atomic E-state index is 12.4. The van der Waals surface area contributed by atoms with Crippen molar-refractivity contribution in [3.05, 3.63) is 68.5 Å². The van der Waals surface area contributed by atoms with E-state index in [2.05, 4.69) is 30.1 Å². The summed E-state index contributed by atoms with van der Waals surface area (Å²) in [5.74, 6) is -0.409. The number of amides is 1. The number of unbranched alkanes of at least 4 members (excludes halogenated alkanes) is 1. The van der Waals surface area contributed by atoms with E-state index in [0.717, 1.165) is 29.5 Å². The lowest BCUT2D eigenvalue weighted by Crippen LogP contribution is -2.13. The number of nitrogens with zero attached hydrogens (tertiary/aromatic N) is 3. The van der Waals surface area contributed by atoms with Crippen LogP contribution in [0.4, 0.5) is 5.69 Å². The number of carbonyl (C=O) groups is 1. The summed E-state index contributed by atoms with van der Waals surface area (Å²) in [5, 5.41) is 10.7. The minimum absolute atomic E-state index is 0.0476. The predicted molar refractivity (Wildman–Crippen MR) is 102 cm³/mol. The third-order valence-electron chi connectivity index (χ3n) is 4.22. The van der Waals surface area contributed by atoms with Crippen molar-refractivity contribution in [2.24, 2.45) is 12.0 Å². The van der Waals surface area contributed by atoms with Crippen LogP contribution in [0.15, 0.2) is 47.5 Å². The summed E-state index contributed by atoms with van der Waals surface area (Å²) < 4.78 is 2.99. The molecule has 0 saturated carbocycles. The molecule has 134 valence electrons. The molecule has 26 heavy (non-hydrogen) atoms. The molecule has 0 N–H and O–H groups in total. The van der Waals surface area contributed by atoms with Gasteiger partial charge in [0, 0.05) is 24.7 Å². The van der Waals surface area contributed by atoms with Crippen LogP contribution in [0.1, 0.15) is 35.7 Å². The molecular formula is C19H19N3O3S. The van der Waals surface area contributed by atoms with E-state index in [1.807, 2.05) is 11.6 Å². The maximum Gasteiger partial charge on any atom is 0.279 e. The normalized spacial score (nSPS) is 11.8. The van der Waals surface area contributed by atoms with Crippen molar-refractivity contribution >= 4 is 33.1 Å². The van der Waals surface area contributed by atoms with Gasteiger partial charge in [0.05, 0.1) is 15.1 Å². The Hall–Kier alpha value is -2.80. The van der Waals surface area contributed by atoms with Crippen LogP contribution in [0.3, 0.4) is 0 Å². The van der Waals surface area contributed by atoms with Crippen LogP contribution in [0.5, 0.6) is 0 Å². The van der Waals surface area contributed by atoms with Gasteiger partial charge in [-0.15, -0.1) is 0 Å². The molecule has 0 bridgehead atoms. The Kier molecular flexibility index (Phi) is 5.27. The van der Waals surface area contributed by atoms with Gasteiger partial charge in [-0.2, -0.15) is 4.99 Å². The second-order valence-electron chi connectivity index (χ2n) is 6.07. The molecule has 3 rings (SSSR count). The highest BCUT2D eigenvalue weighted by Crippen LogP contribution is 2.20. The molecule has 7 heteroatoms. The van der Waals surface area contributed by atoms with Crippen molar-refractivity contribution in [3.63, 3.8) is 0 Å². The van der Waals surface area contributed by atoms with Crippen LogP contribution >= 0.6 is 11.3 Å². The van der Waals surface area contributed by atoms with Gasteiger partial charge in [0.2, 0.25) is 0 Å². The van der Waals surface area contributed by atoms with Gasteiger partial charge in [-0.05, 0) is 42.7 Å². The van der Waals surface area contributed by atoms with Gasteiger partial charge in [-0.3, -0.25) is 14.9 Å². The summed E-state index contributed by atoms with van der Waals surface area (Å²) in [5.41, 5.74) is 2.60. The number of aryl methyl sites for hydroxylation is 2. The summed E-state index contributed by atoms with van der Waals surface area (Å²) in [7, 11) is 1.88. The number of fused-ring (bicyclic) bond motifs is 1. The Morgan fingerprint density at radius 1 is 1.23 bits per heavy atom. The van der Waals surface area contributed by atoms with Crippen LogP contribution in [0.2, 0.25) is 0 Å². The van der Waals surface area contributed by atoms with Crippen LogP contribution < -0.4 is 4.80 Å². The minimum atomic E-state index is -0.493. The van der Waals surface area contributed by atoms with Crippen molar-refractivity contribution < 1.29 is 9.72 Å². The van der Waals surface area contributed by atoms with Crippen LogP contribution in [-0.4, -0.2) is 15.4 Å². The summed E-state index contributed by atoms with van der Waals surface area (Å²) in [6, 6.07) is 11.8. The molecule has 2 aromatic carbocycles. The van der Waals surface area contributed by atoms with Crippen LogP contribution in [0.25, 0.3) is 10.2 Å². The van der Waals surface area contributed by atoms with E-state index in [1.54, 1.807) is 0 Å². The molecule has 1 amide bonds. The first kappa shape index (κ1) is 18.0. The zero-order valence-electron chi connectivity index (χ0n) is 14.6. The number of nitro groups is 1. The molecular weight excluding hydrogens is 350 g/mol.